The van der Waals surface area contributed by atoms with E-state index in [2.05, 4.69) is 5.32 Å². The number of sulfonamides is 1. The van der Waals surface area contributed by atoms with Crippen LogP contribution < -0.4 is 10.5 Å². The summed E-state index contributed by atoms with van der Waals surface area (Å²) in [7, 11) is -2.09. The predicted octanol–water partition coefficient (Wildman–Crippen LogP) is 1.23. The molecule has 7 heteroatoms. The van der Waals surface area contributed by atoms with E-state index in [0.717, 1.165) is 19.3 Å². The van der Waals surface area contributed by atoms with E-state index in [1.807, 2.05) is 0 Å². The maximum atomic E-state index is 11.9. The molecule has 6 nitrogen and oxygen atoms in total. The first-order valence-corrected chi connectivity index (χ1v) is 7.87. The number of benzene rings is 1. The van der Waals surface area contributed by atoms with Gasteiger partial charge in [0, 0.05) is 12.8 Å². The molecule has 1 aromatic rings. The van der Waals surface area contributed by atoms with Crippen LogP contribution in [-0.4, -0.2) is 27.0 Å². The van der Waals surface area contributed by atoms with Gasteiger partial charge in [-0.2, -0.15) is 0 Å². The summed E-state index contributed by atoms with van der Waals surface area (Å²) in [4.78, 5) is 11.9. The number of hydrogen-bond acceptors (Lipinski definition) is 4. The molecule has 2 rings (SSSR count). The molecule has 1 amide bonds. The van der Waals surface area contributed by atoms with Crippen LogP contribution in [0.4, 0.5) is 5.69 Å². The summed E-state index contributed by atoms with van der Waals surface area (Å²) in [5.74, 6) is -0.144. The summed E-state index contributed by atoms with van der Waals surface area (Å²) in [6, 6.07) is 5.75. The fourth-order valence-corrected chi connectivity index (χ4v) is 2.77. The molecule has 0 saturated heterocycles. The van der Waals surface area contributed by atoms with Gasteiger partial charge in [-0.25, -0.2) is 13.6 Å². The minimum Gasteiger partial charge on any atom is -0.378 e. The van der Waals surface area contributed by atoms with Crippen molar-refractivity contribution in [3.8, 4) is 0 Å². The van der Waals surface area contributed by atoms with Crippen LogP contribution in [0.5, 0.6) is 0 Å². The van der Waals surface area contributed by atoms with Crippen LogP contribution in [0.1, 0.15) is 25.7 Å². The van der Waals surface area contributed by atoms with Gasteiger partial charge in [-0.05, 0) is 43.5 Å². The van der Waals surface area contributed by atoms with Gasteiger partial charge in [0.2, 0.25) is 15.9 Å². The van der Waals surface area contributed by atoms with Crippen molar-refractivity contribution in [1.82, 2.24) is 0 Å². The Labute approximate surface area is 118 Å². The van der Waals surface area contributed by atoms with Gasteiger partial charge in [-0.1, -0.05) is 0 Å². The summed E-state index contributed by atoms with van der Waals surface area (Å²) in [6.45, 7) is 0. The number of nitrogens with two attached hydrogens (primary N) is 1. The second-order valence-electron chi connectivity index (χ2n) is 5.04. The summed E-state index contributed by atoms with van der Waals surface area (Å²) in [5, 5.41) is 7.73. The van der Waals surface area contributed by atoms with Crippen LogP contribution in [-0.2, 0) is 19.6 Å². The Morgan fingerprint density at radius 3 is 2.35 bits per heavy atom. The minimum atomic E-state index is -3.71. The molecule has 0 aromatic heterocycles. The van der Waals surface area contributed by atoms with Gasteiger partial charge in [0.1, 0.15) is 0 Å². The van der Waals surface area contributed by atoms with Crippen molar-refractivity contribution in [3.63, 3.8) is 0 Å². The second-order valence-corrected chi connectivity index (χ2v) is 6.60. The fraction of sp³-hybridized carbons (Fsp3) is 0.462. The van der Waals surface area contributed by atoms with E-state index >= 15 is 0 Å². The third-order valence-electron chi connectivity index (χ3n) is 3.65. The Balaban J connectivity index is 1.98. The van der Waals surface area contributed by atoms with E-state index in [-0.39, 0.29) is 16.4 Å². The lowest BCUT2D eigenvalue weighted by Gasteiger charge is -2.39. The van der Waals surface area contributed by atoms with Crippen molar-refractivity contribution in [2.45, 2.75) is 36.2 Å². The van der Waals surface area contributed by atoms with E-state index in [0.29, 0.717) is 12.1 Å². The molecule has 3 N–H and O–H groups in total. The van der Waals surface area contributed by atoms with Crippen LogP contribution in [0.2, 0.25) is 0 Å². The molecule has 0 radical (unpaired) electrons. The fourth-order valence-electron chi connectivity index (χ4n) is 2.25. The normalized spacial score (nSPS) is 17.3. The lowest BCUT2D eigenvalue weighted by Crippen LogP contribution is -2.42. The first-order chi connectivity index (χ1) is 9.35. The topological polar surface area (TPSA) is 98.5 Å². The lowest BCUT2D eigenvalue weighted by atomic mass is 9.77. The van der Waals surface area contributed by atoms with Gasteiger partial charge in [0.15, 0.2) is 0 Å². The van der Waals surface area contributed by atoms with Crippen LogP contribution in [0.3, 0.4) is 0 Å². The maximum absolute atomic E-state index is 11.9. The van der Waals surface area contributed by atoms with Crippen molar-refractivity contribution in [3.05, 3.63) is 24.3 Å². The molecule has 20 heavy (non-hydrogen) atoms. The second kappa shape index (κ2) is 5.51. The lowest BCUT2D eigenvalue weighted by molar-refractivity contribution is -0.129. The van der Waals surface area contributed by atoms with Crippen molar-refractivity contribution in [2.75, 3.05) is 12.4 Å². The van der Waals surface area contributed by atoms with Crippen molar-refractivity contribution in [2.24, 2.45) is 5.14 Å². The first kappa shape index (κ1) is 15.0. The Hall–Kier alpha value is -1.44. The number of rotatable bonds is 5. The maximum Gasteiger partial charge on any atom is 0.238 e. The van der Waals surface area contributed by atoms with Gasteiger partial charge >= 0.3 is 0 Å². The van der Waals surface area contributed by atoms with Gasteiger partial charge in [-0.15, -0.1) is 0 Å². The molecule has 1 aliphatic carbocycles. The van der Waals surface area contributed by atoms with Crippen molar-refractivity contribution >= 4 is 21.6 Å². The Morgan fingerprint density at radius 1 is 1.35 bits per heavy atom. The summed E-state index contributed by atoms with van der Waals surface area (Å²) >= 11 is 0. The molecule has 1 saturated carbocycles. The SMILES string of the molecule is COC1(CC(=O)Nc2ccc(S(N)(=O)=O)cc2)CCC1. The number of primary sulfonamides is 1. The summed E-state index contributed by atoms with van der Waals surface area (Å²) < 4.78 is 27.6. The molecule has 0 spiro atoms. The van der Waals surface area contributed by atoms with Gasteiger partial charge in [0.25, 0.3) is 0 Å². The number of amides is 1. The molecule has 110 valence electrons. The standard InChI is InChI=1S/C13H18N2O4S/c1-19-13(7-2-8-13)9-12(16)15-10-3-5-11(6-4-10)20(14,17)18/h3-6H,2,7-9H2,1H3,(H,15,16)(H2,14,17,18). The number of carbonyl (C=O) groups is 1. The van der Waals surface area contributed by atoms with Crippen molar-refractivity contribution < 1.29 is 17.9 Å². The highest BCUT2D eigenvalue weighted by molar-refractivity contribution is 7.89. The molecule has 0 aliphatic heterocycles. The zero-order chi connectivity index (χ0) is 14.8. The third kappa shape index (κ3) is 3.36. The third-order valence-corrected chi connectivity index (χ3v) is 4.58. The van der Waals surface area contributed by atoms with Crippen molar-refractivity contribution in [1.29, 1.82) is 0 Å². The average Bonchev–Trinajstić information content (AvgIpc) is 2.33. The molecule has 0 unspecified atom stereocenters. The molecule has 0 heterocycles. The van der Waals surface area contributed by atoms with E-state index in [1.165, 1.54) is 24.3 Å². The quantitative estimate of drug-likeness (QED) is 0.854. The Kier molecular flexibility index (Phi) is 4.12. The predicted molar refractivity (Wildman–Crippen MR) is 74.7 cm³/mol. The van der Waals surface area contributed by atoms with E-state index in [1.54, 1.807) is 7.11 Å². The Bertz CT molecular complexity index is 586. The highest BCUT2D eigenvalue weighted by atomic mass is 32.2. The molecule has 0 bridgehead atoms. The van der Waals surface area contributed by atoms with Gasteiger partial charge in [0.05, 0.1) is 16.9 Å². The minimum absolute atomic E-state index is 0.0165. The number of ether oxygens (including phenoxy) is 1. The highest BCUT2D eigenvalue weighted by Crippen LogP contribution is 2.38. The summed E-state index contributed by atoms with van der Waals surface area (Å²) in [6.07, 6.45) is 3.16. The number of nitrogens with one attached hydrogen (secondary N) is 1. The molecule has 1 fully saturated rings. The van der Waals surface area contributed by atoms with Crippen LogP contribution in [0, 0.1) is 0 Å². The van der Waals surface area contributed by atoms with Gasteiger partial charge < -0.3 is 10.1 Å². The number of methoxy groups -OCH3 is 1. The van der Waals surface area contributed by atoms with Crippen LogP contribution >= 0.6 is 0 Å². The monoisotopic (exact) mass is 298 g/mol. The highest BCUT2D eigenvalue weighted by Gasteiger charge is 2.38. The largest absolute Gasteiger partial charge is 0.378 e. The van der Waals surface area contributed by atoms with E-state index in [9.17, 15) is 13.2 Å². The van der Waals surface area contributed by atoms with E-state index < -0.39 is 10.0 Å². The molecular formula is C13H18N2O4S. The zero-order valence-corrected chi connectivity index (χ0v) is 12.1. The smallest absolute Gasteiger partial charge is 0.238 e. The molecule has 1 aromatic carbocycles. The summed E-state index contributed by atoms with van der Waals surface area (Å²) in [5.41, 5.74) is 0.206. The number of anilines is 1. The Morgan fingerprint density at radius 2 is 1.95 bits per heavy atom. The van der Waals surface area contributed by atoms with Crippen LogP contribution in [0.15, 0.2) is 29.2 Å². The van der Waals surface area contributed by atoms with E-state index in [4.69, 9.17) is 9.88 Å². The first-order valence-electron chi connectivity index (χ1n) is 6.33. The number of hydrogen-bond donors (Lipinski definition) is 2. The average molecular weight is 298 g/mol. The van der Waals surface area contributed by atoms with Crippen LogP contribution in [0.25, 0.3) is 0 Å². The molecular weight excluding hydrogens is 280 g/mol. The molecule has 0 atom stereocenters. The van der Waals surface area contributed by atoms with Gasteiger partial charge in [-0.3, -0.25) is 4.79 Å². The number of carbonyl (C=O) groups excluding carboxylic acids is 1. The molecule has 1 aliphatic rings. The zero-order valence-electron chi connectivity index (χ0n) is 11.3.